The van der Waals surface area contributed by atoms with Crippen LogP contribution in [0.3, 0.4) is 0 Å². The van der Waals surface area contributed by atoms with Gasteiger partial charge in [0.1, 0.15) is 0 Å². The first-order valence-electron chi connectivity index (χ1n) is 16.5. The van der Waals surface area contributed by atoms with Crippen molar-refractivity contribution >= 4 is 24.5 Å². The van der Waals surface area contributed by atoms with Crippen LogP contribution in [0.25, 0.3) is 0 Å². The molecule has 0 spiro atoms. The molecule has 5 nitrogen and oxygen atoms in total. The Morgan fingerprint density at radius 3 is 1.67 bits per heavy atom. The first kappa shape index (κ1) is 34.9. The summed E-state index contributed by atoms with van der Waals surface area (Å²) < 4.78 is 16.9. The van der Waals surface area contributed by atoms with Crippen LogP contribution >= 0.6 is 0 Å². The number of nitrogens with zero attached hydrogens (tertiary/aromatic N) is 2. The third kappa shape index (κ3) is 9.72. The molecule has 1 unspecified atom stereocenters. The van der Waals surface area contributed by atoms with Crippen LogP contribution in [-0.4, -0.2) is 62.8 Å². The van der Waals surface area contributed by atoms with Crippen LogP contribution in [0, 0.1) is 0 Å². The van der Waals surface area contributed by atoms with Crippen LogP contribution in [0.4, 0.5) is 4.79 Å². The molecule has 42 heavy (non-hydrogen) atoms. The second-order valence-corrected chi connectivity index (χ2v) is 27.5. The Balaban J connectivity index is 2.05. The Labute approximate surface area is 261 Å². The summed E-state index contributed by atoms with van der Waals surface area (Å²) in [6.45, 7) is 18.1. The zero-order valence-electron chi connectivity index (χ0n) is 27.7. The zero-order chi connectivity index (χ0) is 30.6. The third-order valence-corrected chi connectivity index (χ3v) is 25.3. The van der Waals surface area contributed by atoms with Crippen molar-refractivity contribution in [2.75, 3.05) is 13.2 Å². The minimum atomic E-state index is -3.05. The third-order valence-electron chi connectivity index (χ3n) is 9.04. The first-order chi connectivity index (χ1) is 20.1. The van der Waals surface area contributed by atoms with Gasteiger partial charge < -0.3 is 0 Å². The zero-order valence-corrected chi connectivity index (χ0v) is 30.5. The fraction of sp³-hybridized carbons (Fsp3) is 0.639. The summed E-state index contributed by atoms with van der Waals surface area (Å²) in [6.07, 6.45) is 7.08. The number of carbonyl (C=O) groups is 1. The number of ether oxygens (including phenoxy) is 2. The van der Waals surface area contributed by atoms with Crippen molar-refractivity contribution in [3.63, 3.8) is 0 Å². The molecular formula is C36H58N2O3Sn. The van der Waals surface area contributed by atoms with Crippen molar-refractivity contribution < 1.29 is 14.3 Å². The number of benzene rings is 2. The summed E-state index contributed by atoms with van der Waals surface area (Å²) in [4.78, 5) is 18.7. The van der Waals surface area contributed by atoms with E-state index < -0.39 is 29.6 Å². The van der Waals surface area contributed by atoms with Crippen LogP contribution < -0.4 is 0 Å². The van der Waals surface area contributed by atoms with E-state index >= 15 is 0 Å². The van der Waals surface area contributed by atoms with Gasteiger partial charge in [-0.15, -0.1) is 0 Å². The molecule has 1 heterocycles. The van der Waals surface area contributed by atoms with Gasteiger partial charge >= 0.3 is 262 Å². The van der Waals surface area contributed by atoms with Crippen molar-refractivity contribution in [1.29, 1.82) is 0 Å². The molecule has 0 bridgehead atoms. The summed E-state index contributed by atoms with van der Waals surface area (Å²) in [5.74, 6) is 0. The molecule has 0 radical (unpaired) electrons. The van der Waals surface area contributed by atoms with Crippen molar-refractivity contribution in [3.05, 3.63) is 71.8 Å². The standard InChI is InChI=1S/C24H31N2O3.3C4H9.Sn/c1-23(2)19-29-24(3,4)26(23)22(27)28-16-15-25(17-20-11-7-5-8-12-20)18-21-13-9-6-10-14-21;3*1-3-4-2;/h5-14,16H,15,17-19H2,1-4H3;3*1,3-4H2,2H3;. The topological polar surface area (TPSA) is 42.0 Å². The van der Waals surface area contributed by atoms with Crippen molar-refractivity contribution in [3.8, 4) is 0 Å². The van der Waals surface area contributed by atoms with Gasteiger partial charge in [0.15, 0.2) is 0 Å². The van der Waals surface area contributed by atoms with Gasteiger partial charge in [-0.2, -0.15) is 0 Å². The number of hydrogen-bond acceptors (Lipinski definition) is 4. The Morgan fingerprint density at radius 1 is 0.833 bits per heavy atom. The van der Waals surface area contributed by atoms with Gasteiger partial charge in [-0.25, -0.2) is 0 Å². The Bertz CT molecular complexity index is 981. The summed E-state index contributed by atoms with van der Waals surface area (Å²) >= 11 is -3.05. The van der Waals surface area contributed by atoms with Gasteiger partial charge in [0, 0.05) is 0 Å². The fourth-order valence-corrected chi connectivity index (χ4v) is 23.6. The van der Waals surface area contributed by atoms with Crippen molar-refractivity contribution in [2.45, 2.75) is 129 Å². The van der Waals surface area contributed by atoms with E-state index in [2.05, 4.69) is 100 Å². The van der Waals surface area contributed by atoms with E-state index in [1.54, 1.807) is 0 Å². The molecule has 234 valence electrons. The monoisotopic (exact) mass is 686 g/mol. The van der Waals surface area contributed by atoms with E-state index in [0.717, 1.165) is 19.6 Å². The molecular weight excluding hydrogens is 627 g/mol. The van der Waals surface area contributed by atoms with Gasteiger partial charge in [0.05, 0.1) is 0 Å². The van der Waals surface area contributed by atoms with Gasteiger partial charge in [-0.1, -0.05) is 0 Å². The molecule has 2 aromatic rings. The second-order valence-electron chi connectivity index (χ2n) is 13.6. The molecule has 0 aromatic heterocycles. The van der Waals surface area contributed by atoms with Crippen LogP contribution in [0.15, 0.2) is 60.7 Å². The van der Waals surface area contributed by atoms with Gasteiger partial charge in [0.25, 0.3) is 0 Å². The average Bonchev–Trinajstić information content (AvgIpc) is 3.20. The molecule has 1 aliphatic rings. The molecule has 1 amide bonds. The van der Waals surface area contributed by atoms with Crippen LogP contribution in [0.5, 0.6) is 0 Å². The average molecular weight is 686 g/mol. The summed E-state index contributed by atoms with van der Waals surface area (Å²) in [5.41, 5.74) is 1.50. The number of carbonyl (C=O) groups excluding carboxylic acids is 1. The van der Waals surface area contributed by atoms with Gasteiger partial charge in [-0.05, 0) is 0 Å². The number of hydrogen-bond donors (Lipinski definition) is 0. The van der Waals surface area contributed by atoms with Crippen molar-refractivity contribution in [2.24, 2.45) is 0 Å². The molecule has 0 saturated carbocycles. The molecule has 1 fully saturated rings. The Hall–Kier alpha value is -1.57. The number of rotatable bonds is 17. The quantitative estimate of drug-likeness (QED) is 0.156. The van der Waals surface area contributed by atoms with E-state index in [1.165, 1.54) is 63.0 Å². The van der Waals surface area contributed by atoms with E-state index in [4.69, 9.17) is 9.47 Å². The van der Waals surface area contributed by atoms with Crippen LogP contribution in [0.2, 0.25) is 13.3 Å². The van der Waals surface area contributed by atoms with E-state index in [0.29, 0.717) is 6.61 Å². The predicted molar refractivity (Wildman–Crippen MR) is 178 cm³/mol. The van der Waals surface area contributed by atoms with E-state index in [1.807, 2.05) is 18.7 Å². The van der Waals surface area contributed by atoms with Gasteiger partial charge in [0.2, 0.25) is 0 Å². The summed E-state index contributed by atoms with van der Waals surface area (Å²) in [5, 5.41) is 0. The minimum absolute atomic E-state index is 0.0175. The first-order valence-corrected chi connectivity index (χ1v) is 24.2. The van der Waals surface area contributed by atoms with Crippen molar-refractivity contribution in [1.82, 2.24) is 9.80 Å². The summed E-state index contributed by atoms with van der Waals surface area (Å²) in [6, 6.07) is 21.5. The molecule has 1 saturated heterocycles. The maximum atomic E-state index is 14.3. The van der Waals surface area contributed by atoms with Crippen LogP contribution in [0.1, 0.15) is 98.1 Å². The molecule has 2 aromatic carbocycles. The van der Waals surface area contributed by atoms with Gasteiger partial charge in [-0.3, -0.25) is 0 Å². The molecule has 1 aliphatic heterocycles. The normalized spacial score (nSPS) is 17.0. The second kappa shape index (κ2) is 16.5. The Morgan fingerprint density at radius 2 is 1.29 bits per heavy atom. The summed E-state index contributed by atoms with van der Waals surface area (Å²) in [7, 11) is 0. The predicted octanol–water partition coefficient (Wildman–Crippen LogP) is 9.43. The Kier molecular flexibility index (Phi) is 13.7. The molecule has 1 atom stereocenters. The number of unbranched alkanes of at least 4 members (excludes halogenated alkanes) is 3. The molecule has 0 aliphatic carbocycles. The van der Waals surface area contributed by atoms with E-state index in [9.17, 15) is 4.79 Å². The SMILES string of the molecule is CCC[CH2][Sn]([CH2]CCC)([CH2]CCC)[CH](CN(Cc1ccccc1)Cc1ccccc1)OC(=O)N1C(C)(C)COC1(C)C. The number of amides is 1. The molecule has 3 rings (SSSR count). The molecule has 6 heteroatoms. The van der Waals surface area contributed by atoms with E-state index in [-0.39, 0.29) is 10.2 Å². The van der Waals surface area contributed by atoms with Crippen LogP contribution in [-0.2, 0) is 22.6 Å². The molecule has 0 N–H and O–H groups in total. The fourth-order valence-electron chi connectivity index (χ4n) is 6.76. The maximum absolute atomic E-state index is 14.3.